The first-order valence-electron chi connectivity index (χ1n) is 8.61. The molecular weight excluding hydrogens is 310 g/mol. The first kappa shape index (κ1) is 17.4. The fourth-order valence-electron chi connectivity index (χ4n) is 2.92. The molecule has 25 heavy (non-hydrogen) atoms. The maximum Gasteiger partial charge on any atom is 0.124 e. The molecule has 1 heterocycles. The normalized spacial score (nSPS) is 12.4. The monoisotopic (exact) mass is 335 g/mol. The summed E-state index contributed by atoms with van der Waals surface area (Å²) in [4.78, 5) is 2.28. The molecule has 1 aromatic heterocycles. The first-order valence-corrected chi connectivity index (χ1v) is 8.61. The minimum Gasteiger partial charge on any atom is -0.366 e. The molecule has 130 valence electrons. The van der Waals surface area contributed by atoms with Crippen LogP contribution in [0.25, 0.3) is 0 Å². The largest absolute Gasteiger partial charge is 0.366 e. The van der Waals surface area contributed by atoms with Crippen molar-refractivity contribution in [2.45, 2.75) is 12.6 Å². The van der Waals surface area contributed by atoms with E-state index in [1.54, 1.807) is 0 Å². The van der Waals surface area contributed by atoms with E-state index in [1.165, 1.54) is 5.56 Å². The van der Waals surface area contributed by atoms with Crippen LogP contribution >= 0.6 is 0 Å². The van der Waals surface area contributed by atoms with Crippen molar-refractivity contribution in [3.8, 4) is 0 Å². The minimum atomic E-state index is -0.0983. The van der Waals surface area contributed by atoms with Crippen molar-refractivity contribution in [2.24, 2.45) is 7.05 Å². The van der Waals surface area contributed by atoms with Gasteiger partial charge in [0, 0.05) is 26.3 Å². The Morgan fingerprint density at radius 2 is 1.68 bits per heavy atom. The van der Waals surface area contributed by atoms with E-state index < -0.39 is 0 Å². The average molecular weight is 335 g/mol. The average Bonchev–Trinajstić information content (AvgIpc) is 3.06. The Bertz CT molecular complexity index is 755. The van der Waals surface area contributed by atoms with E-state index in [2.05, 4.69) is 53.4 Å². The van der Waals surface area contributed by atoms with Gasteiger partial charge in [-0.1, -0.05) is 60.7 Å². The molecule has 0 saturated heterocycles. The molecule has 0 aliphatic rings. The van der Waals surface area contributed by atoms with Crippen molar-refractivity contribution < 1.29 is 4.74 Å². The molecule has 0 amide bonds. The number of rotatable bonds is 8. The summed E-state index contributed by atoms with van der Waals surface area (Å²) in [7, 11) is 4.08. The van der Waals surface area contributed by atoms with E-state index >= 15 is 0 Å². The number of hydrogen-bond donors (Lipinski definition) is 0. The van der Waals surface area contributed by atoms with Gasteiger partial charge in [-0.2, -0.15) is 5.10 Å². The molecule has 0 bridgehead atoms. The van der Waals surface area contributed by atoms with Crippen molar-refractivity contribution in [3.63, 3.8) is 0 Å². The number of aromatic nitrogens is 2. The van der Waals surface area contributed by atoms with E-state index in [1.807, 2.05) is 48.3 Å². The Morgan fingerprint density at radius 3 is 2.32 bits per heavy atom. The second-order valence-corrected chi connectivity index (χ2v) is 6.26. The van der Waals surface area contributed by atoms with Gasteiger partial charge in [0.05, 0.1) is 12.3 Å². The highest BCUT2D eigenvalue weighted by molar-refractivity contribution is 5.25. The molecule has 0 saturated carbocycles. The first-order chi connectivity index (χ1) is 12.2. The zero-order chi connectivity index (χ0) is 17.5. The highest BCUT2D eigenvalue weighted by Gasteiger charge is 2.18. The van der Waals surface area contributed by atoms with Crippen LogP contribution in [-0.4, -0.2) is 34.9 Å². The lowest BCUT2D eigenvalue weighted by molar-refractivity contribution is 0.0589. The maximum atomic E-state index is 6.26. The quantitative estimate of drug-likeness (QED) is 0.629. The topological polar surface area (TPSA) is 30.3 Å². The highest BCUT2D eigenvalue weighted by atomic mass is 16.5. The van der Waals surface area contributed by atoms with Gasteiger partial charge in [0.1, 0.15) is 6.10 Å². The van der Waals surface area contributed by atoms with Crippen LogP contribution in [0.2, 0.25) is 0 Å². The van der Waals surface area contributed by atoms with Crippen molar-refractivity contribution in [3.05, 3.63) is 89.7 Å². The van der Waals surface area contributed by atoms with E-state index in [4.69, 9.17) is 4.74 Å². The van der Waals surface area contributed by atoms with Gasteiger partial charge < -0.3 is 4.74 Å². The lowest BCUT2D eigenvalue weighted by atomic mass is 10.1. The Labute approximate surface area is 149 Å². The van der Waals surface area contributed by atoms with Crippen LogP contribution in [0.15, 0.2) is 72.9 Å². The number of aryl methyl sites for hydroxylation is 1. The smallest absolute Gasteiger partial charge is 0.124 e. The summed E-state index contributed by atoms with van der Waals surface area (Å²) in [6.07, 6.45) is 1.72. The van der Waals surface area contributed by atoms with Gasteiger partial charge in [-0.25, -0.2) is 0 Å². The fraction of sp³-hybridized carbons (Fsp3) is 0.286. The maximum absolute atomic E-state index is 6.26. The summed E-state index contributed by atoms with van der Waals surface area (Å²) in [6, 6.07) is 22.8. The van der Waals surface area contributed by atoms with Crippen LogP contribution < -0.4 is 0 Å². The third-order valence-electron chi connectivity index (χ3n) is 4.28. The summed E-state index contributed by atoms with van der Waals surface area (Å²) in [6.45, 7) is 2.45. The van der Waals surface area contributed by atoms with E-state index in [0.717, 1.165) is 24.3 Å². The summed E-state index contributed by atoms with van der Waals surface area (Å²) in [5.74, 6) is 0. The lowest BCUT2D eigenvalue weighted by Crippen LogP contribution is -2.24. The van der Waals surface area contributed by atoms with Gasteiger partial charge in [0.2, 0.25) is 0 Å². The van der Waals surface area contributed by atoms with Gasteiger partial charge in [0.15, 0.2) is 0 Å². The van der Waals surface area contributed by atoms with Gasteiger partial charge >= 0.3 is 0 Å². The molecule has 3 aromatic rings. The molecule has 3 rings (SSSR count). The lowest BCUT2D eigenvalue weighted by Gasteiger charge is -2.22. The standard InChI is InChI=1S/C21H25N3O/c1-23(17-18-9-5-3-6-10-18)15-16-25-21(19-11-7-4-8-12-19)20-13-14-22-24(20)2/h3-14,21H,15-17H2,1-2H3. The zero-order valence-corrected chi connectivity index (χ0v) is 14.9. The predicted molar refractivity (Wildman–Crippen MR) is 100 cm³/mol. The Kier molecular flexibility index (Phi) is 5.99. The van der Waals surface area contributed by atoms with Gasteiger partial charge in [-0.15, -0.1) is 0 Å². The zero-order valence-electron chi connectivity index (χ0n) is 14.9. The van der Waals surface area contributed by atoms with Gasteiger partial charge in [-0.05, 0) is 24.2 Å². The van der Waals surface area contributed by atoms with Crippen LogP contribution in [-0.2, 0) is 18.3 Å². The van der Waals surface area contributed by atoms with Crippen molar-refractivity contribution >= 4 is 0 Å². The summed E-state index contributed by atoms with van der Waals surface area (Å²) in [5, 5.41) is 4.29. The van der Waals surface area contributed by atoms with Crippen molar-refractivity contribution in [2.75, 3.05) is 20.2 Å². The van der Waals surface area contributed by atoms with Crippen LogP contribution in [0.3, 0.4) is 0 Å². The van der Waals surface area contributed by atoms with Crippen LogP contribution in [0.5, 0.6) is 0 Å². The number of likely N-dealkylation sites (N-methyl/N-ethyl adjacent to an activating group) is 1. The Morgan fingerprint density at radius 1 is 1.00 bits per heavy atom. The molecule has 2 aromatic carbocycles. The summed E-state index contributed by atoms with van der Waals surface area (Å²) in [5.41, 5.74) is 3.53. The Hall–Kier alpha value is -2.43. The molecule has 4 heteroatoms. The summed E-state index contributed by atoms with van der Waals surface area (Å²) >= 11 is 0. The van der Waals surface area contributed by atoms with E-state index in [-0.39, 0.29) is 6.10 Å². The molecule has 0 aliphatic heterocycles. The van der Waals surface area contributed by atoms with Gasteiger partial charge in [0.25, 0.3) is 0 Å². The van der Waals surface area contributed by atoms with Crippen LogP contribution in [0, 0.1) is 0 Å². The third kappa shape index (κ3) is 4.78. The molecule has 0 spiro atoms. The second kappa shape index (κ2) is 8.60. The number of benzene rings is 2. The highest BCUT2D eigenvalue weighted by Crippen LogP contribution is 2.25. The molecule has 0 fully saturated rings. The molecule has 4 nitrogen and oxygen atoms in total. The molecule has 0 aliphatic carbocycles. The number of nitrogens with zero attached hydrogens (tertiary/aromatic N) is 3. The Balaban J connectivity index is 1.61. The van der Waals surface area contributed by atoms with Crippen LogP contribution in [0.1, 0.15) is 22.9 Å². The second-order valence-electron chi connectivity index (χ2n) is 6.26. The molecule has 0 N–H and O–H groups in total. The molecule has 1 unspecified atom stereocenters. The summed E-state index contributed by atoms with van der Waals surface area (Å²) < 4.78 is 8.14. The molecule has 0 radical (unpaired) electrons. The third-order valence-corrected chi connectivity index (χ3v) is 4.28. The minimum absolute atomic E-state index is 0.0983. The number of hydrogen-bond acceptors (Lipinski definition) is 3. The SMILES string of the molecule is CN(CCOC(c1ccccc1)c1ccnn1C)Cc1ccccc1. The fourth-order valence-corrected chi connectivity index (χ4v) is 2.92. The van der Waals surface area contributed by atoms with Crippen molar-refractivity contribution in [1.29, 1.82) is 0 Å². The van der Waals surface area contributed by atoms with Crippen molar-refractivity contribution in [1.82, 2.24) is 14.7 Å². The van der Waals surface area contributed by atoms with Crippen LogP contribution in [0.4, 0.5) is 0 Å². The molecular formula is C21H25N3O. The van der Waals surface area contributed by atoms with E-state index in [9.17, 15) is 0 Å². The predicted octanol–water partition coefficient (Wildman–Crippen LogP) is 3.66. The van der Waals surface area contributed by atoms with Gasteiger partial charge in [-0.3, -0.25) is 9.58 Å². The molecule has 1 atom stereocenters. The van der Waals surface area contributed by atoms with E-state index in [0.29, 0.717) is 6.61 Å². The number of ether oxygens (including phenoxy) is 1.